The lowest BCUT2D eigenvalue weighted by atomic mass is 10.1. The lowest BCUT2D eigenvalue weighted by molar-refractivity contribution is -0.143. The molecule has 0 bridgehead atoms. The average molecular weight is 298 g/mol. The molecule has 0 saturated heterocycles. The zero-order valence-electron chi connectivity index (χ0n) is 11.7. The summed E-state index contributed by atoms with van der Waals surface area (Å²) in [6.07, 6.45) is 2.24. The molecule has 0 heterocycles. The molecular weight excluding hydrogens is 278 g/mol. The van der Waals surface area contributed by atoms with Gasteiger partial charge in [0, 0.05) is 18.0 Å². The molecule has 0 aliphatic heterocycles. The number of hydrogen-bond donors (Lipinski definition) is 1. The maximum absolute atomic E-state index is 11.7. The molecule has 0 fully saturated rings. The van der Waals surface area contributed by atoms with Gasteiger partial charge in [-0.25, -0.2) is 0 Å². The molecule has 5 heteroatoms. The molecule has 4 nitrogen and oxygen atoms in total. The van der Waals surface area contributed by atoms with Gasteiger partial charge < -0.3 is 10.1 Å². The van der Waals surface area contributed by atoms with E-state index in [2.05, 4.69) is 5.32 Å². The predicted octanol–water partition coefficient (Wildman–Crippen LogP) is 2.73. The van der Waals surface area contributed by atoms with E-state index in [1.807, 2.05) is 12.1 Å². The first-order valence-electron chi connectivity index (χ1n) is 6.78. The van der Waals surface area contributed by atoms with Crippen molar-refractivity contribution in [1.82, 2.24) is 5.32 Å². The summed E-state index contributed by atoms with van der Waals surface area (Å²) in [5.74, 6) is -0.205. The van der Waals surface area contributed by atoms with Gasteiger partial charge in [0.1, 0.15) is 0 Å². The van der Waals surface area contributed by atoms with Gasteiger partial charge in [0.05, 0.1) is 13.0 Å². The second-order valence-electron chi connectivity index (χ2n) is 4.42. The summed E-state index contributed by atoms with van der Waals surface area (Å²) >= 11 is 5.78. The lowest BCUT2D eigenvalue weighted by Crippen LogP contribution is -2.26. The number of ether oxygens (including phenoxy) is 1. The minimum Gasteiger partial charge on any atom is -0.466 e. The third-order valence-electron chi connectivity index (χ3n) is 2.71. The number of amides is 1. The third kappa shape index (κ3) is 7.14. The van der Waals surface area contributed by atoms with Crippen molar-refractivity contribution < 1.29 is 14.3 Å². The number of carbonyl (C=O) groups is 2. The van der Waals surface area contributed by atoms with Crippen LogP contribution in [-0.2, 0) is 20.7 Å². The highest BCUT2D eigenvalue weighted by Crippen LogP contribution is 2.09. The summed E-state index contributed by atoms with van der Waals surface area (Å²) in [4.78, 5) is 22.7. The van der Waals surface area contributed by atoms with Crippen LogP contribution in [0, 0.1) is 0 Å². The number of carbonyl (C=O) groups excluding carboxylic acids is 2. The molecule has 1 N–H and O–H groups in total. The lowest BCUT2D eigenvalue weighted by Gasteiger charge is -2.05. The Bertz CT molecular complexity index is 431. The zero-order valence-corrected chi connectivity index (χ0v) is 12.4. The standard InChI is InChI=1S/C15H20ClNO3/c1-2-20-15(19)5-3-4-10-17-14(18)11-12-6-8-13(16)9-7-12/h6-9H,2-5,10-11H2,1H3,(H,17,18). The molecule has 0 unspecified atom stereocenters. The Kier molecular flexibility index (Phi) is 7.73. The van der Waals surface area contributed by atoms with E-state index in [1.54, 1.807) is 19.1 Å². The van der Waals surface area contributed by atoms with Crippen LogP contribution in [0.1, 0.15) is 31.7 Å². The second kappa shape index (κ2) is 9.37. The van der Waals surface area contributed by atoms with Gasteiger partial charge in [-0.15, -0.1) is 0 Å². The van der Waals surface area contributed by atoms with Crippen molar-refractivity contribution in [3.05, 3.63) is 34.9 Å². The highest BCUT2D eigenvalue weighted by molar-refractivity contribution is 6.30. The van der Waals surface area contributed by atoms with Crippen LogP contribution in [-0.4, -0.2) is 25.0 Å². The van der Waals surface area contributed by atoms with Crippen LogP contribution in [0.25, 0.3) is 0 Å². The number of unbranched alkanes of at least 4 members (excludes halogenated alkanes) is 1. The van der Waals surface area contributed by atoms with Gasteiger partial charge in [0.15, 0.2) is 0 Å². The fraction of sp³-hybridized carbons (Fsp3) is 0.467. The van der Waals surface area contributed by atoms with E-state index in [0.29, 0.717) is 31.0 Å². The van der Waals surface area contributed by atoms with Crippen molar-refractivity contribution in [3.63, 3.8) is 0 Å². The molecule has 0 aliphatic carbocycles. The van der Waals surface area contributed by atoms with Crippen molar-refractivity contribution >= 4 is 23.5 Å². The van der Waals surface area contributed by atoms with Crippen LogP contribution >= 0.6 is 11.6 Å². The van der Waals surface area contributed by atoms with Crippen molar-refractivity contribution in [3.8, 4) is 0 Å². The molecule has 0 aromatic heterocycles. The quantitative estimate of drug-likeness (QED) is 0.593. The van der Waals surface area contributed by atoms with Crippen molar-refractivity contribution in [2.45, 2.75) is 32.6 Å². The molecule has 1 aromatic rings. The van der Waals surface area contributed by atoms with Gasteiger partial charge in [-0.1, -0.05) is 23.7 Å². The number of esters is 1. The van der Waals surface area contributed by atoms with Gasteiger partial charge >= 0.3 is 5.97 Å². The van der Waals surface area contributed by atoms with Crippen molar-refractivity contribution in [2.24, 2.45) is 0 Å². The molecule has 0 aliphatic rings. The molecule has 0 saturated carbocycles. The number of hydrogen-bond acceptors (Lipinski definition) is 3. The van der Waals surface area contributed by atoms with E-state index >= 15 is 0 Å². The van der Waals surface area contributed by atoms with Gasteiger partial charge in [0.2, 0.25) is 5.91 Å². The minimum atomic E-state index is -0.181. The van der Waals surface area contributed by atoms with Gasteiger partial charge in [0.25, 0.3) is 0 Å². The average Bonchev–Trinajstić information content (AvgIpc) is 2.41. The van der Waals surface area contributed by atoms with E-state index in [4.69, 9.17) is 16.3 Å². The molecule has 0 radical (unpaired) electrons. The summed E-state index contributed by atoms with van der Waals surface area (Å²) in [5, 5.41) is 3.49. The first kappa shape index (κ1) is 16.5. The van der Waals surface area contributed by atoms with Crippen LogP contribution < -0.4 is 5.32 Å². The Morgan fingerprint density at radius 2 is 1.90 bits per heavy atom. The number of benzene rings is 1. The fourth-order valence-electron chi connectivity index (χ4n) is 1.71. The molecule has 0 atom stereocenters. The Balaban J connectivity index is 2.11. The van der Waals surface area contributed by atoms with Gasteiger partial charge in [-0.3, -0.25) is 9.59 Å². The zero-order chi connectivity index (χ0) is 14.8. The van der Waals surface area contributed by atoms with E-state index in [1.165, 1.54) is 0 Å². The normalized spacial score (nSPS) is 10.1. The summed E-state index contributed by atoms with van der Waals surface area (Å²) in [5.41, 5.74) is 0.929. The number of halogens is 1. The van der Waals surface area contributed by atoms with Gasteiger partial charge in [-0.2, -0.15) is 0 Å². The third-order valence-corrected chi connectivity index (χ3v) is 2.97. The van der Waals surface area contributed by atoms with E-state index in [9.17, 15) is 9.59 Å². The van der Waals surface area contributed by atoms with E-state index in [-0.39, 0.29) is 11.9 Å². The Morgan fingerprint density at radius 1 is 1.20 bits per heavy atom. The Hall–Kier alpha value is -1.55. The minimum absolute atomic E-state index is 0.0246. The number of rotatable bonds is 8. The smallest absolute Gasteiger partial charge is 0.305 e. The van der Waals surface area contributed by atoms with E-state index < -0.39 is 0 Å². The Labute approximate surface area is 124 Å². The van der Waals surface area contributed by atoms with Crippen molar-refractivity contribution in [1.29, 1.82) is 0 Å². The highest BCUT2D eigenvalue weighted by atomic mass is 35.5. The summed E-state index contributed by atoms with van der Waals surface area (Å²) in [7, 11) is 0. The largest absolute Gasteiger partial charge is 0.466 e. The topological polar surface area (TPSA) is 55.4 Å². The van der Waals surface area contributed by atoms with Crippen LogP contribution in [0.4, 0.5) is 0 Å². The van der Waals surface area contributed by atoms with E-state index in [0.717, 1.165) is 18.4 Å². The highest BCUT2D eigenvalue weighted by Gasteiger charge is 2.04. The van der Waals surface area contributed by atoms with Gasteiger partial charge in [-0.05, 0) is 37.5 Å². The van der Waals surface area contributed by atoms with Crippen LogP contribution in [0.5, 0.6) is 0 Å². The predicted molar refractivity (Wildman–Crippen MR) is 78.6 cm³/mol. The summed E-state index contributed by atoms with van der Waals surface area (Å²) in [6.45, 7) is 2.78. The molecule has 1 aromatic carbocycles. The fourth-order valence-corrected chi connectivity index (χ4v) is 1.83. The maximum atomic E-state index is 11.7. The van der Waals surface area contributed by atoms with Crippen LogP contribution in [0.2, 0.25) is 5.02 Å². The number of nitrogens with one attached hydrogen (secondary N) is 1. The molecular formula is C15H20ClNO3. The summed E-state index contributed by atoms with van der Waals surface area (Å²) < 4.78 is 4.82. The maximum Gasteiger partial charge on any atom is 0.305 e. The second-order valence-corrected chi connectivity index (χ2v) is 4.85. The Morgan fingerprint density at radius 3 is 2.55 bits per heavy atom. The first-order valence-corrected chi connectivity index (χ1v) is 7.16. The molecule has 1 amide bonds. The van der Waals surface area contributed by atoms with Crippen LogP contribution in [0.3, 0.4) is 0 Å². The molecule has 0 spiro atoms. The molecule has 20 heavy (non-hydrogen) atoms. The van der Waals surface area contributed by atoms with Crippen molar-refractivity contribution in [2.75, 3.05) is 13.2 Å². The van der Waals surface area contributed by atoms with Crippen LogP contribution in [0.15, 0.2) is 24.3 Å². The SMILES string of the molecule is CCOC(=O)CCCCNC(=O)Cc1ccc(Cl)cc1. The molecule has 1 rings (SSSR count). The summed E-state index contributed by atoms with van der Waals surface area (Å²) in [6, 6.07) is 7.21. The monoisotopic (exact) mass is 297 g/mol. The molecule has 110 valence electrons. The first-order chi connectivity index (χ1) is 9.61.